The zero-order valence-corrected chi connectivity index (χ0v) is 12.4. The van der Waals surface area contributed by atoms with Gasteiger partial charge in [-0.3, -0.25) is 14.9 Å². The number of fused-ring (bicyclic) bond motifs is 1. The molecule has 7 heteroatoms. The number of carbonyl (C=O) groups is 1. The molecular weight excluding hydrogens is 290 g/mol. The third-order valence-corrected chi connectivity index (χ3v) is 4.68. The number of amides is 1. The fourth-order valence-corrected chi connectivity index (χ4v) is 3.53. The Balaban J connectivity index is 1.89. The van der Waals surface area contributed by atoms with Gasteiger partial charge in [0.1, 0.15) is 0 Å². The molecule has 0 saturated carbocycles. The van der Waals surface area contributed by atoms with Gasteiger partial charge in [-0.05, 0) is 19.1 Å². The molecule has 2 heterocycles. The largest absolute Gasteiger partial charge is 0.335 e. The number of thiophene rings is 1. The lowest BCUT2D eigenvalue weighted by Gasteiger charge is -2.31. The van der Waals surface area contributed by atoms with E-state index < -0.39 is 4.92 Å². The van der Waals surface area contributed by atoms with E-state index in [1.54, 1.807) is 12.1 Å². The number of nitrogens with zero attached hydrogens (tertiary/aromatic N) is 2. The van der Waals surface area contributed by atoms with Crippen molar-refractivity contribution in [3.05, 3.63) is 39.3 Å². The maximum atomic E-state index is 12.5. The van der Waals surface area contributed by atoms with Crippen molar-refractivity contribution in [1.82, 2.24) is 10.2 Å². The van der Waals surface area contributed by atoms with Gasteiger partial charge in [0.25, 0.3) is 11.6 Å². The summed E-state index contributed by atoms with van der Waals surface area (Å²) in [6.45, 7) is 4.22. The second kappa shape index (κ2) is 5.42. The van der Waals surface area contributed by atoms with Crippen molar-refractivity contribution in [3.8, 4) is 0 Å². The van der Waals surface area contributed by atoms with Crippen molar-refractivity contribution in [2.45, 2.75) is 13.0 Å². The maximum Gasteiger partial charge on any atom is 0.270 e. The van der Waals surface area contributed by atoms with Crippen molar-refractivity contribution in [3.63, 3.8) is 0 Å². The first-order valence-electron chi connectivity index (χ1n) is 6.75. The number of nitrogens with one attached hydrogen (secondary N) is 1. The van der Waals surface area contributed by atoms with Crippen molar-refractivity contribution >= 4 is 33.0 Å². The molecule has 0 radical (unpaired) electrons. The van der Waals surface area contributed by atoms with Gasteiger partial charge < -0.3 is 10.2 Å². The molecule has 1 N–H and O–H groups in total. The molecule has 1 aromatic heterocycles. The summed E-state index contributed by atoms with van der Waals surface area (Å²) in [5, 5.41) is 14.8. The molecular formula is C14H15N3O3S. The summed E-state index contributed by atoms with van der Waals surface area (Å²) >= 11 is 1.39. The minimum atomic E-state index is -0.420. The van der Waals surface area contributed by atoms with E-state index in [1.165, 1.54) is 23.5 Å². The molecule has 6 nitrogen and oxygen atoms in total. The van der Waals surface area contributed by atoms with E-state index in [0.717, 1.165) is 16.6 Å². The molecule has 3 rings (SSSR count). The molecule has 1 aromatic carbocycles. The quantitative estimate of drug-likeness (QED) is 0.682. The summed E-state index contributed by atoms with van der Waals surface area (Å²) in [7, 11) is 0. The molecule has 0 bridgehead atoms. The number of carbonyl (C=O) groups excluding carboxylic acids is 1. The summed E-state index contributed by atoms with van der Waals surface area (Å²) in [4.78, 5) is 25.4. The topological polar surface area (TPSA) is 75.5 Å². The van der Waals surface area contributed by atoms with Crippen molar-refractivity contribution in [2.75, 3.05) is 19.6 Å². The van der Waals surface area contributed by atoms with Crippen LogP contribution < -0.4 is 5.32 Å². The normalized spacial score (nSPS) is 18.9. The van der Waals surface area contributed by atoms with Gasteiger partial charge in [-0.1, -0.05) is 0 Å². The molecule has 110 valence electrons. The van der Waals surface area contributed by atoms with E-state index in [4.69, 9.17) is 0 Å². The van der Waals surface area contributed by atoms with Gasteiger partial charge in [0, 0.05) is 47.9 Å². The Morgan fingerprint density at radius 1 is 1.48 bits per heavy atom. The van der Waals surface area contributed by atoms with Crippen LogP contribution in [0.1, 0.15) is 16.6 Å². The molecule has 0 aliphatic carbocycles. The highest BCUT2D eigenvalue weighted by Gasteiger charge is 2.23. The van der Waals surface area contributed by atoms with Crippen LogP contribution in [0, 0.1) is 10.1 Å². The zero-order valence-electron chi connectivity index (χ0n) is 11.5. The molecule has 1 saturated heterocycles. The van der Waals surface area contributed by atoms with E-state index in [9.17, 15) is 14.9 Å². The SMILES string of the molecule is CC1CN(C(=O)c2cc3cc([N+](=O)[O-])ccc3s2)CCN1. The van der Waals surface area contributed by atoms with Crippen LogP contribution in [0.2, 0.25) is 0 Å². The van der Waals surface area contributed by atoms with E-state index in [1.807, 2.05) is 11.8 Å². The Morgan fingerprint density at radius 2 is 2.29 bits per heavy atom. The van der Waals surface area contributed by atoms with Gasteiger partial charge >= 0.3 is 0 Å². The van der Waals surface area contributed by atoms with Crippen molar-refractivity contribution in [2.24, 2.45) is 0 Å². The summed E-state index contributed by atoms with van der Waals surface area (Å²) in [5.41, 5.74) is 0.0510. The number of nitro benzene ring substituents is 1. The third kappa shape index (κ3) is 2.74. The average Bonchev–Trinajstić information content (AvgIpc) is 2.89. The Kier molecular flexibility index (Phi) is 3.60. The van der Waals surface area contributed by atoms with Crippen LogP contribution in [0.15, 0.2) is 24.3 Å². The monoisotopic (exact) mass is 305 g/mol. The molecule has 2 aromatic rings. The van der Waals surface area contributed by atoms with E-state index >= 15 is 0 Å². The Hall–Kier alpha value is -1.99. The number of benzene rings is 1. The first kappa shape index (κ1) is 14.0. The van der Waals surface area contributed by atoms with Crippen LogP contribution in [0.25, 0.3) is 10.1 Å². The predicted octanol–water partition coefficient (Wildman–Crippen LogP) is 2.24. The number of rotatable bonds is 2. The standard InChI is InChI=1S/C14H15N3O3S/c1-9-8-16(5-4-15-9)14(18)13-7-10-6-11(17(19)20)2-3-12(10)21-13/h2-3,6-7,9,15H,4-5,8H2,1H3. The molecule has 1 aliphatic heterocycles. The van der Waals surface area contributed by atoms with Crippen LogP contribution in [-0.4, -0.2) is 41.4 Å². The molecule has 1 unspecified atom stereocenters. The average molecular weight is 305 g/mol. The molecule has 1 aliphatic rings. The number of hydrogen-bond donors (Lipinski definition) is 1. The summed E-state index contributed by atoms with van der Waals surface area (Å²) in [6, 6.07) is 6.73. The van der Waals surface area contributed by atoms with E-state index in [-0.39, 0.29) is 17.6 Å². The lowest BCUT2D eigenvalue weighted by Crippen LogP contribution is -2.51. The minimum Gasteiger partial charge on any atom is -0.335 e. The predicted molar refractivity (Wildman–Crippen MR) is 81.8 cm³/mol. The van der Waals surface area contributed by atoms with Gasteiger partial charge in [0.15, 0.2) is 0 Å². The second-order valence-corrected chi connectivity index (χ2v) is 6.28. The number of hydrogen-bond acceptors (Lipinski definition) is 5. The first-order chi connectivity index (χ1) is 10.0. The number of non-ortho nitro benzene ring substituents is 1. The highest BCUT2D eigenvalue weighted by Crippen LogP contribution is 2.29. The van der Waals surface area contributed by atoms with Gasteiger partial charge in [0.2, 0.25) is 0 Å². The van der Waals surface area contributed by atoms with Crippen LogP contribution in [0.5, 0.6) is 0 Å². The fourth-order valence-electron chi connectivity index (χ4n) is 2.52. The van der Waals surface area contributed by atoms with Crippen molar-refractivity contribution in [1.29, 1.82) is 0 Å². The summed E-state index contributed by atoms with van der Waals surface area (Å²) in [6.07, 6.45) is 0. The van der Waals surface area contributed by atoms with Crippen LogP contribution in [0.3, 0.4) is 0 Å². The van der Waals surface area contributed by atoms with Gasteiger partial charge in [0.05, 0.1) is 9.80 Å². The molecule has 1 amide bonds. The highest BCUT2D eigenvalue weighted by atomic mass is 32.1. The summed E-state index contributed by atoms with van der Waals surface area (Å²) in [5.74, 6) is 0.00667. The first-order valence-corrected chi connectivity index (χ1v) is 7.57. The Morgan fingerprint density at radius 3 is 3.00 bits per heavy atom. The van der Waals surface area contributed by atoms with Crippen molar-refractivity contribution < 1.29 is 9.72 Å². The van der Waals surface area contributed by atoms with E-state index in [0.29, 0.717) is 18.0 Å². The maximum absolute atomic E-state index is 12.5. The van der Waals surface area contributed by atoms with E-state index in [2.05, 4.69) is 5.32 Å². The van der Waals surface area contributed by atoms with Crippen LogP contribution in [0.4, 0.5) is 5.69 Å². The van der Waals surface area contributed by atoms with Gasteiger partial charge in [-0.2, -0.15) is 0 Å². The van der Waals surface area contributed by atoms with Gasteiger partial charge in [-0.25, -0.2) is 0 Å². The lowest BCUT2D eigenvalue weighted by atomic mass is 10.2. The highest BCUT2D eigenvalue weighted by molar-refractivity contribution is 7.20. The molecule has 0 spiro atoms. The molecule has 21 heavy (non-hydrogen) atoms. The number of piperazine rings is 1. The Bertz CT molecular complexity index is 713. The van der Waals surface area contributed by atoms with Crippen LogP contribution in [-0.2, 0) is 0 Å². The summed E-state index contributed by atoms with van der Waals surface area (Å²) < 4.78 is 0.895. The van der Waals surface area contributed by atoms with Gasteiger partial charge in [-0.15, -0.1) is 11.3 Å². The second-order valence-electron chi connectivity index (χ2n) is 5.20. The zero-order chi connectivity index (χ0) is 15.0. The number of nitro groups is 1. The molecule has 1 fully saturated rings. The minimum absolute atomic E-state index is 0.00667. The smallest absolute Gasteiger partial charge is 0.270 e. The third-order valence-electron chi connectivity index (χ3n) is 3.58. The Labute approximate surface area is 125 Å². The fraction of sp³-hybridized carbons (Fsp3) is 0.357. The molecule has 1 atom stereocenters. The van der Waals surface area contributed by atoms with Crippen LogP contribution >= 0.6 is 11.3 Å². The lowest BCUT2D eigenvalue weighted by molar-refractivity contribution is -0.384.